The van der Waals surface area contributed by atoms with Gasteiger partial charge in [0.1, 0.15) is 11.6 Å². The molecule has 0 aliphatic rings. The van der Waals surface area contributed by atoms with E-state index in [0.29, 0.717) is 12.8 Å². The van der Waals surface area contributed by atoms with Crippen LogP contribution in [-0.2, 0) is 19.1 Å². The predicted octanol–water partition coefficient (Wildman–Crippen LogP) is 2.63. The second-order valence-corrected chi connectivity index (χ2v) is 4.15. The molecule has 19 heavy (non-hydrogen) atoms. The number of esters is 1. The molecular formula is C15H22O4. The van der Waals surface area contributed by atoms with Crippen molar-refractivity contribution in [3.8, 4) is 0 Å². The molecule has 0 N–H and O–H groups in total. The number of ketones is 2. The maximum absolute atomic E-state index is 11.9. The number of Topliss-reactive ketones (excluding diaryl/α,β-unsaturated/α-hetero) is 2. The normalized spacial score (nSPS) is 10.0. The average Bonchev–Trinajstić information content (AvgIpc) is 2.39. The topological polar surface area (TPSA) is 60.4 Å². The van der Waals surface area contributed by atoms with Crippen LogP contribution in [0.25, 0.3) is 0 Å². The van der Waals surface area contributed by atoms with Gasteiger partial charge in [0.25, 0.3) is 0 Å². The Hall–Kier alpha value is -1.71. The fourth-order valence-corrected chi connectivity index (χ4v) is 1.63. The van der Waals surface area contributed by atoms with E-state index in [-0.39, 0.29) is 37.4 Å². The Morgan fingerprint density at radius 2 is 1.53 bits per heavy atom. The summed E-state index contributed by atoms with van der Waals surface area (Å²) in [6.07, 6.45) is 4.54. The summed E-state index contributed by atoms with van der Waals surface area (Å²) in [5, 5.41) is 0. The van der Waals surface area contributed by atoms with Gasteiger partial charge in [-0.05, 0) is 19.8 Å². The molecule has 0 atom stereocenters. The zero-order chi connectivity index (χ0) is 14.7. The maximum atomic E-state index is 11.9. The monoisotopic (exact) mass is 266 g/mol. The Morgan fingerprint density at radius 1 is 1.05 bits per heavy atom. The Balaban J connectivity index is 4.65. The van der Waals surface area contributed by atoms with Crippen LogP contribution >= 0.6 is 0 Å². The SMILES string of the molecule is C=CCCC(=O)C(CC(=O)OCC)C(=O)CCC=C. The molecule has 0 aromatic rings. The molecule has 0 saturated carbocycles. The van der Waals surface area contributed by atoms with Crippen molar-refractivity contribution in [2.45, 2.75) is 39.0 Å². The van der Waals surface area contributed by atoms with Gasteiger partial charge in [-0.2, -0.15) is 0 Å². The smallest absolute Gasteiger partial charge is 0.306 e. The van der Waals surface area contributed by atoms with E-state index in [1.807, 2.05) is 0 Å². The number of hydrogen-bond donors (Lipinski definition) is 0. The lowest BCUT2D eigenvalue weighted by Gasteiger charge is -2.13. The van der Waals surface area contributed by atoms with Crippen molar-refractivity contribution in [3.05, 3.63) is 25.3 Å². The number of rotatable bonds is 11. The van der Waals surface area contributed by atoms with Crippen molar-refractivity contribution >= 4 is 17.5 Å². The van der Waals surface area contributed by atoms with Gasteiger partial charge in [-0.25, -0.2) is 0 Å². The van der Waals surface area contributed by atoms with E-state index in [9.17, 15) is 14.4 Å². The number of carbonyl (C=O) groups is 3. The van der Waals surface area contributed by atoms with Crippen molar-refractivity contribution in [2.24, 2.45) is 5.92 Å². The number of ether oxygens (including phenoxy) is 1. The predicted molar refractivity (Wildman–Crippen MR) is 73.6 cm³/mol. The summed E-state index contributed by atoms with van der Waals surface area (Å²) in [6, 6.07) is 0. The molecule has 0 spiro atoms. The van der Waals surface area contributed by atoms with Gasteiger partial charge in [0.2, 0.25) is 0 Å². The molecule has 0 rings (SSSR count). The van der Waals surface area contributed by atoms with Gasteiger partial charge in [-0.15, -0.1) is 13.2 Å². The van der Waals surface area contributed by atoms with Gasteiger partial charge >= 0.3 is 5.97 Å². The second kappa shape index (κ2) is 10.2. The van der Waals surface area contributed by atoms with Crippen LogP contribution in [0.3, 0.4) is 0 Å². The number of carbonyl (C=O) groups excluding carboxylic acids is 3. The first kappa shape index (κ1) is 17.3. The summed E-state index contributed by atoms with van der Waals surface area (Å²) in [4.78, 5) is 35.3. The number of allylic oxidation sites excluding steroid dienone is 2. The first-order valence-electron chi connectivity index (χ1n) is 6.49. The van der Waals surface area contributed by atoms with E-state index in [4.69, 9.17) is 4.74 Å². The summed E-state index contributed by atoms with van der Waals surface area (Å²) in [5.74, 6) is -1.84. The van der Waals surface area contributed by atoms with E-state index in [1.54, 1.807) is 19.1 Å². The summed E-state index contributed by atoms with van der Waals surface area (Å²) >= 11 is 0. The zero-order valence-electron chi connectivity index (χ0n) is 11.5. The largest absolute Gasteiger partial charge is 0.466 e. The molecule has 0 aromatic heterocycles. The van der Waals surface area contributed by atoms with Crippen LogP contribution in [0.5, 0.6) is 0 Å². The second-order valence-electron chi connectivity index (χ2n) is 4.15. The zero-order valence-corrected chi connectivity index (χ0v) is 11.5. The van der Waals surface area contributed by atoms with Crippen LogP contribution in [0.4, 0.5) is 0 Å². The molecule has 0 amide bonds. The molecule has 0 aromatic carbocycles. The van der Waals surface area contributed by atoms with Crippen molar-refractivity contribution < 1.29 is 19.1 Å². The van der Waals surface area contributed by atoms with E-state index < -0.39 is 11.9 Å². The summed E-state index contributed by atoms with van der Waals surface area (Å²) in [6.45, 7) is 9.00. The van der Waals surface area contributed by atoms with Crippen LogP contribution in [0.15, 0.2) is 25.3 Å². The maximum Gasteiger partial charge on any atom is 0.306 e. The Kier molecular flexibility index (Phi) is 9.31. The Labute approximate surface area is 114 Å². The third-order valence-corrected chi connectivity index (χ3v) is 2.64. The molecule has 0 bridgehead atoms. The first-order chi connectivity index (χ1) is 9.06. The highest BCUT2D eigenvalue weighted by atomic mass is 16.5. The van der Waals surface area contributed by atoms with Gasteiger partial charge in [-0.1, -0.05) is 12.2 Å². The van der Waals surface area contributed by atoms with Crippen molar-refractivity contribution in [1.82, 2.24) is 0 Å². The highest BCUT2D eigenvalue weighted by molar-refractivity contribution is 6.04. The summed E-state index contributed by atoms with van der Waals surface area (Å²) in [7, 11) is 0. The molecule has 0 unspecified atom stereocenters. The summed E-state index contributed by atoms with van der Waals surface area (Å²) < 4.78 is 4.80. The van der Waals surface area contributed by atoms with Crippen molar-refractivity contribution in [2.75, 3.05) is 6.61 Å². The van der Waals surface area contributed by atoms with Crippen LogP contribution in [0, 0.1) is 5.92 Å². The van der Waals surface area contributed by atoms with E-state index in [0.717, 1.165) is 0 Å². The van der Waals surface area contributed by atoms with E-state index in [1.165, 1.54) is 0 Å². The lowest BCUT2D eigenvalue weighted by molar-refractivity contribution is -0.148. The minimum Gasteiger partial charge on any atom is -0.466 e. The molecule has 0 aliphatic carbocycles. The van der Waals surface area contributed by atoms with Gasteiger partial charge < -0.3 is 4.74 Å². The quantitative estimate of drug-likeness (QED) is 0.328. The molecule has 0 heterocycles. The van der Waals surface area contributed by atoms with Crippen LogP contribution < -0.4 is 0 Å². The fourth-order valence-electron chi connectivity index (χ4n) is 1.63. The first-order valence-corrected chi connectivity index (χ1v) is 6.49. The van der Waals surface area contributed by atoms with Crippen LogP contribution in [-0.4, -0.2) is 24.1 Å². The fraction of sp³-hybridized carbons (Fsp3) is 0.533. The molecule has 0 radical (unpaired) electrons. The molecular weight excluding hydrogens is 244 g/mol. The van der Waals surface area contributed by atoms with Crippen molar-refractivity contribution in [3.63, 3.8) is 0 Å². The molecule has 106 valence electrons. The number of hydrogen-bond acceptors (Lipinski definition) is 4. The van der Waals surface area contributed by atoms with Crippen molar-refractivity contribution in [1.29, 1.82) is 0 Å². The average molecular weight is 266 g/mol. The lowest BCUT2D eigenvalue weighted by Crippen LogP contribution is -2.27. The molecule has 0 aliphatic heterocycles. The minimum atomic E-state index is -0.890. The molecule has 0 fully saturated rings. The Bertz CT molecular complexity index is 320. The van der Waals surface area contributed by atoms with E-state index in [2.05, 4.69) is 13.2 Å². The molecule has 4 heteroatoms. The third-order valence-electron chi connectivity index (χ3n) is 2.64. The highest BCUT2D eigenvalue weighted by Gasteiger charge is 2.28. The minimum absolute atomic E-state index is 0.167. The van der Waals surface area contributed by atoms with E-state index >= 15 is 0 Å². The molecule has 0 saturated heterocycles. The van der Waals surface area contributed by atoms with Crippen LogP contribution in [0.1, 0.15) is 39.0 Å². The third kappa shape index (κ3) is 7.34. The van der Waals surface area contributed by atoms with Crippen LogP contribution in [0.2, 0.25) is 0 Å². The lowest BCUT2D eigenvalue weighted by atomic mass is 9.90. The standard InChI is InChI=1S/C15H22O4/c1-4-7-9-13(16)12(11-15(18)19-6-3)14(17)10-8-5-2/h4-5,12H,1-2,6-11H2,3H3. The Morgan fingerprint density at radius 3 is 1.89 bits per heavy atom. The van der Waals surface area contributed by atoms with Gasteiger partial charge in [0, 0.05) is 12.8 Å². The molecule has 4 nitrogen and oxygen atoms in total. The van der Waals surface area contributed by atoms with Gasteiger partial charge in [0.05, 0.1) is 18.9 Å². The van der Waals surface area contributed by atoms with Gasteiger partial charge in [0.15, 0.2) is 0 Å². The van der Waals surface area contributed by atoms with Gasteiger partial charge in [-0.3, -0.25) is 14.4 Å². The highest BCUT2D eigenvalue weighted by Crippen LogP contribution is 2.15. The summed E-state index contributed by atoms with van der Waals surface area (Å²) in [5.41, 5.74) is 0.